The maximum atomic E-state index is 10.5. The quantitative estimate of drug-likeness (QED) is 0.158. The highest BCUT2D eigenvalue weighted by atomic mass is 35.5. The minimum Gasteiger partial charge on any atom is -0.508 e. The number of nitrogens with two attached hydrogens (primary N) is 1. The molecule has 0 spiro atoms. The number of phenolic OH excluding ortho intramolecular Hbond substituents is 1. The second-order valence-corrected chi connectivity index (χ2v) is 8.94. The minimum absolute atomic E-state index is 0.123. The molecule has 40 heavy (non-hydrogen) atoms. The molecule has 0 saturated carbocycles. The summed E-state index contributed by atoms with van der Waals surface area (Å²) in [6.45, 7) is -0.401. The summed E-state index contributed by atoms with van der Waals surface area (Å²) in [6, 6.07) is 23.0. The summed E-state index contributed by atoms with van der Waals surface area (Å²) < 4.78 is 0. The fourth-order valence-electron chi connectivity index (χ4n) is 2.96. The number of carboxylic acids is 2. The Morgan fingerprint density at radius 1 is 0.750 bits per heavy atom. The van der Waals surface area contributed by atoms with Crippen molar-refractivity contribution in [3.05, 3.63) is 106 Å². The number of benzene rings is 3. The first-order valence-electron chi connectivity index (χ1n) is 11.5. The Morgan fingerprint density at radius 2 is 1.27 bits per heavy atom. The number of phenols is 1. The maximum Gasteiger partial charge on any atom is 0.322 e. The number of aromatic hydroxyl groups is 1. The van der Waals surface area contributed by atoms with Gasteiger partial charge in [0, 0.05) is 38.9 Å². The monoisotopic (exact) mass is 602 g/mol. The van der Waals surface area contributed by atoms with Crippen molar-refractivity contribution in [1.82, 2.24) is 9.97 Å². The van der Waals surface area contributed by atoms with E-state index in [2.05, 4.69) is 21.0 Å². The molecule has 0 atom stereocenters. The van der Waals surface area contributed by atoms with Crippen molar-refractivity contribution in [2.24, 2.45) is 5.73 Å². The Labute approximate surface area is 244 Å². The molecular weight excluding hydrogens is 579 g/mol. The first-order chi connectivity index (χ1) is 19.1. The Balaban J connectivity index is 0.000000205. The van der Waals surface area contributed by atoms with Crippen LogP contribution in [0.4, 0.5) is 5.69 Å². The molecule has 0 radical (unpaired) electrons. The standard InChI is InChI=1S/C11H9ClN2O2.C9H5Cl2N.C6H6O.C2H5NO2/c12-7-1-2-8-9(14-6-11(15)16)3-4-13-10(8)5-7;10-6-1-2-7-8(11)3-4-12-9(7)5-6;7-6-4-2-1-3-5-6;3-1-2(4)5/h1-5H,6H2,(H,13,14)(H,15,16);1-5H;1-5,7H;1,3H2,(H,4,5). The molecule has 0 amide bonds. The molecule has 0 aliphatic heterocycles. The molecule has 5 rings (SSSR count). The van der Waals surface area contributed by atoms with Crippen LogP contribution < -0.4 is 11.1 Å². The second-order valence-electron chi connectivity index (χ2n) is 7.65. The highest BCUT2D eigenvalue weighted by Gasteiger charge is 2.03. The van der Waals surface area contributed by atoms with Crippen LogP contribution in [0.25, 0.3) is 21.8 Å². The number of anilines is 1. The van der Waals surface area contributed by atoms with Gasteiger partial charge in [-0.05, 0) is 60.7 Å². The van der Waals surface area contributed by atoms with Gasteiger partial charge in [-0.15, -0.1) is 0 Å². The minimum atomic E-state index is -0.968. The fraction of sp³-hybridized carbons (Fsp3) is 0.0714. The predicted octanol–water partition coefficient (Wildman–Crippen LogP) is 6.35. The number of fused-ring (bicyclic) bond motifs is 2. The third kappa shape index (κ3) is 11.3. The van der Waals surface area contributed by atoms with Crippen LogP contribution in [0.5, 0.6) is 5.75 Å². The summed E-state index contributed by atoms with van der Waals surface area (Å²) in [7, 11) is 0. The summed E-state index contributed by atoms with van der Waals surface area (Å²) in [5, 5.41) is 31.4. The Kier molecular flexibility index (Phi) is 13.4. The number of rotatable bonds is 4. The SMILES string of the molecule is Clc1ccc2c(Cl)ccnc2c1.NCC(=O)O.O=C(O)CNc1ccnc2cc(Cl)ccc12.Oc1ccccc1. The highest BCUT2D eigenvalue weighted by molar-refractivity contribution is 6.36. The van der Waals surface area contributed by atoms with Gasteiger partial charge in [-0.2, -0.15) is 0 Å². The van der Waals surface area contributed by atoms with Crippen molar-refractivity contribution in [2.45, 2.75) is 0 Å². The zero-order chi connectivity index (χ0) is 29.5. The van der Waals surface area contributed by atoms with Gasteiger partial charge in [0.2, 0.25) is 0 Å². The third-order valence-corrected chi connectivity index (χ3v) is 5.52. The summed E-state index contributed by atoms with van der Waals surface area (Å²) >= 11 is 17.6. The lowest BCUT2D eigenvalue weighted by atomic mass is 10.2. The summed E-state index contributed by atoms with van der Waals surface area (Å²) in [5.41, 5.74) is 6.88. The number of halogens is 3. The van der Waals surface area contributed by atoms with E-state index < -0.39 is 11.9 Å². The Bertz CT molecular complexity index is 1560. The highest BCUT2D eigenvalue weighted by Crippen LogP contribution is 2.25. The van der Waals surface area contributed by atoms with Crippen LogP contribution in [0.1, 0.15) is 0 Å². The smallest absolute Gasteiger partial charge is 0.322 e. The topological polar surface area (TPSA) is 159 Å². The zero-order valence-corrected chi connectivity index (χ0v) is 23.1. The normalized spacial score (nSPS) is 9.70. The molecule has 6 N–H and O–H groups in total. The molecule has 0 aliphatic carbocycles. The van der Waals surface area contributed by atoms with Crippen LogP contribution >= 0.6 is 34.8 Å². The molecule has 12 heteroatoms. The van der Waals surface area contributed by atoms with Crippen molar-refractivity contribution in [2.75, 3.05) is 18.4 Å². The van der Waals surface area contributed by atoms with Crippen LogP contribution in [0, 0.1) is 0 Å². The molecular formula is C28H25Cl3N4O5. The molecule has 0 saturated heterocycles. The largest absolute Gasteiger partial charge is 0.508 e. The molecule has 0 unspecified atom stereocenters. The number of nitrogens with one attached hydrogen (secondary N) is 1. The molecule has 9 nitrogen and oxygen atoms in total. The number of hydrogen-bond donors (Lipinski definition) is 5. The zero-order valence-electron chi connectivity index (χ0n) is 20.8. The summed E-state index contributed by atoms with van der Waals surface area (Å²) in [6.07, 6.45) is 3.28. The van der Waals surface area contributed by atoms with Gasteiger partial charge < -0.3 is 26.4 Å². The van der Waals surface area contributed by atoms with Gasteiger partial charge in [0.05, 0.1) is 22.6 Å². The average Bonchev–Trinajstić information content (AvgIpc) is 2.93. The van der Waals surface area contributed by atoms with Crippen molar-refractivity contribution in [3.63, 3.8) is 0 Å². The number of carbonyl (C=O) groups is 2. The number of hydrogen-bond acceptors (Lipinski definition) is 7. The van der Waals surface area contributed by atoms with E-state index in [1.54, 1.807) is 73.1 Å². The summed E-state index contributed by atoms with van der Waals surface area (Å²) in [4.78, 5) is 28.0. The van der Waals surface area contributed by atoms with Crippen molar-refractivity contribution < 1.29 is 24.9 Å². The van der Waals surface area contributed by atoms with Gasteiger partial charge in [-0.3, -0.25) is 19.6 Å². The van der Waals surface area contributed by atoms with Gasteiger partial charge >= 0.3 is 11.9 Å². The molecule has 208 valence electrons. The van der Waals surface area contributed by atoms with Crippen LogP contribution in [-0.4, -0.2) is 50.3 Å². The van der Waals surface area contributed by atoms with Crippen LogP contribution in [0.15, 0.2) is 91.3 Å². The van der Waals surface area contributed by atoms with E-state index in [-0.39, 0.29) is 13.1 Å². The Morgan fingerprint density at radius 3 is 1.77 bits per heavy atom. The van der Waals surface area contributed by atoms with E-state index in [0.29, 0.717) is 20.8 Å². The first kappa shape index (κ1) is 32.1. The van der Waals surface area contributed by atoms with Crippen molar-refractivity contribution in [3.8, 4) is 5.75 Å². The van der Waals surface area contributed by atoms with Gasteiger partial charge in [0.15, 0.2) is 0 Å². The van der Waals surface area contributed by atoms with E-state index >= 15 is 0 Å². The Hall–Kier alpha value is -4.15. The maximum absolute atomic E-state index is 10.5. The number of carboxylic acid groups (broad SMARTS) is 2. The molecule has 2 heterocycles. The number of aliphatic carboxylic acids is 2. The van der Waals surface area contributed by atoms with Crippen molar-refractivity contribution >= 4 is 74.2 Å². The number of para-hydroxylation sites is 1. The molecule has 0 fully saturated rings. The second kappa shape index (κ2) is 16.7. The van der Waals surface area contributed by atoms with Crippen LogP contribution in [0.3, 0.4) is 0 Å². The molecule has 0 aliphatic rings. The molecule has 2 aromatic heterocycles. The van der Waals surface area contributed by atoms with Gasteiger partial charge in [-0.25, -0.2) is 0 Å². The molecule has 0 bridgehead atoms. The van der Waals surface area contributed by atoms with E-state index in [0.717, 1.165) is 27.5 Å². The van der Waals surface area contributed by atoms with E-state index in [1.165, 1.54) is 0 Å². The number of pyridine rings is 2. The van der Waals surface area contributed by atoms with Gasteiger partial charge in [0.25, 0.3) is 0 Å². The van der Waals surface area contributed by atoms with Crippen LogP contribution in [-0.2, 0) is 9.59 Å². The lowest BCUT2D eigenvalue weighted by molar-refractivity contribution is -0.136. The van der Waals surface area contributed by atoms with Crippen LogP contribution in [0.2, 0.25) is 15.1 Å². The average molecular weight is 604 g/mol. The molecule has 3 aromatic carbocycles. The first-order valence-corrected chi connectivity index (χ1v) is 12.6. The van der Waals surface area contributed by atoms with E-state index in [9.17, 15) is 9.59 Å². The summed E-state index contributed by atoms with van der Waals surface area (Å²) in [5.74, 6) is -1.55. The van der Waals surface area contributed by atoms with Gasteiger partial charge in [-0.1, -0.05) is 53.0 Å². The predicted molar refractivity (Wildman–Crippen MR) is 159 cm³/mol. The fourth-order valence-corrected chi connectivity index (χ4v) is 3.51. The third-order valence-electron chi connectivity index (χ3n) is 4.72. The van der Waals surface area contributed by atoms with E-state index in [1.807, 2.05) is 18.2 Å². The van der Waals surface area contributed by atoms with Crippen molar-refractivity contribution in [1.29, 1.82) is 0 Å². The number of nitrogens with zero attached hydrogens (tertiary/aromatic N) is 2. The van der Waals surface area contributed by atoms with Gasteiger partial charge in [0.1, 0.15) is 12.3 Å². The lowest BCUT2D eigenvalue weighted by Crippen LogP contribution is -2.12. The number of aromatic nitrogens is 2. The van der Waals surface area contributed by atoms with E-state index in [4.69, 9.17) is 50.1 Å². The molecule has 5 aromatic rings. The lowest BCUT2D eigenvalue weighted by Gasteiger charge is -2.07.